The van der Waals surface area contributed by atoms with Gasteiger partial charge in [0, 0.05) is 30.1 Å². The molecule has 0 radical (unpaired) electrons. The number of rotatable bonds is 7. The van der Waals surface area contributed by atoms with E-state index in [0.717, 1.165) is 0 Å². The summed E-state index contributed by atoms with van der Waals surface area (Å²) in [5.74, 6) is 4.39. The molecule has 0 bridgehead atoms. The molecule has 0 aliphatic carbocycles. The number of morpholine rings is 1. The molecule has 16 heteroatoms. The van der Waals surface area contributed by atoms with Crippen LogP contribution in [0.3, 0.4) is 0 Å². The molecule has 8 rings (SSSR count). The number of carbonyl (C=O) groups is 2. The molecule has 3 atom stereocenters. The molecular formula is C34H32F2N6O8. The van der Waals surface area contributed by atoms with E-state index in [1.807, 2.05) is 13.0 Å². The van der Waals surface area contributed by atoms with Crippen LogP contribution in [0.2, 0.25) is 0 Å². The van der Waals surface area contributed by atoms with Crippen LogP contribution in [0.1, 0.15) is 31.2 Å². The number of furan rings is 1. The largest absolute Gasteiger partial charge is 0.480 e. The number of pyridine rings is 1. The maximum absolute atomic E-state index is 14.1. The molecule has 1 amide bonds. The number of nitrogens with zero attached hydrogens (tertiary/aromatic N) is 6. The summed E-state index contributed by atoms with van der Waals surface area (Å²) in [6, 6.07) is 7.42. The van der Waals surface area contributed by atoms with Crippen LogP contribution >= 0.6 is 0 Å². The van der Waals surface area contributed by atoms with Crippen molar-refractivity contribution in [3.05, 3.63) is 47.9 Å². The number of ether oxygens (including phenoxy) is 4. The first-order valence-corrected chi connectivity index (χ1v) is 16.2. The van der Waals surface area contributed by atoms with Gasteiger partial charge >= 0.3 is 12.1 Å². The first kappa shape index (κ1) is 32.0. The Kier molecular flexibility index (Phi) is 8.03. The fraction of sp³-hybridized carbons (Fsp3) is 0.441. The van der Waals surface area contributed by atoms with E-state index in [1.54, 1.807) is 30.5 Å². The third-order valence-electron chi connectivity index (χ3n) is 9.65. The summed E-state index contributed by atoms with van der Waals surface area (Å²) in [5, 5.41) is 10.8. The molecule has 4 aliphatic heterocycles. The minimum atomic E-state index is -3.00. The maximum Gasteiger partial charge on any atom is 0.410 e. The Morgan fingerprint density at radius 3 is 2.76 bits per heavy atom. The second kappa shape index (κ2) is 12.6. The highest BCUT2D eigenvalue weighted by atomic mass is 19.3. The van der Waals surface area contributed by atoms with Crippen molar-refractivity contribution in [2.24, 2.45) is 0 Å². The maximum atomic E-state index is 14.1. The van der Waals surface area contributed by atoms with E-state index in [9.17, 15) is 23.5 Å². The Labute approximate surface area is 283 Å². The zero-order valence-corrected chi connectivity index (χ0v) is 26.9. The highest BCUT2D eigenvalue weighted by Gasteiger charge is 2.50. The molecule has 1 N–H and O–H groups in total. The van der Waals surface area contributed by atoms with Crippen LogP contribution in [0.25, 0.3) is 22.1 Å². The lowest BCUT2D eigenvalue weighted by Crippen LogP contribution is -2.68. The highest BCUT2D eigenvalue weighted by Crippen LogP contribution is 2.41. The topological polar surface area (TPSA) is 153 Å². The number of carbonyl (C=O) groups excluding carboxylic acids is 1. The molecule has 7 heterocycles. The van der Waals surface area contributed by atoms with Crippen LogP contribution in [0.5, 0.6) is 5.88 Å². The lowest BCUT2D eigenvalue weighted by atomic mass is 9.90. The molecule has 14 nitrogen and oxygen atoms in total. The number of halogens is 2. The number of anilines is 2. The van der Waals surface area contributed by atoms with E-state index in [4.69, 9.17) is 23.4 Å². The summed E-state index contributed by atoms with van der Waals surface area (Å²) < 4.78 is 57.2. The van der Waals surface area contributed by atoms with Crippen molar-refractivity contribution in [2.75, 3.05) is 62.4 Å². The van der Waals surface area contributed by atoms with Crippen molar-refractivity contribution >= 4 is 45.6 Å². The molecular weight excluding hydrogens is 658 g/mol. The van der Waals surface area contributed by atoms with Gasteiger partial charge in [-0.15, -0.1) is 0 Å². The predicted molar refractivity (Wildman–Crippen MR) is 172 cm³/mol. The number of carboxylic acids is 1. The van der Waals surface area contributed by atoms with Crippen molar-refractivity contribution in [2.45, 2.75) is 43.6 Å². The van der Waals surface area contributed by atoms with Gasteiger partial charge in [-0.1, -0.05) is 24.0 Å². The summed E-state index contributed by atoms with van der Waals surface area (Å²) >= 11 is 0. The number of aliphatic carboxylic acids is 1. The number of alkyl halides is 2. The van der Waals surface area contributed by atoms with E-state index in [2.05, 4.69) is 31.7 Å². The number of carboxylic acid groups (broad SMARTS) is 1. The van der Waals surface area contributed by atoms with Gasteiger partial charge in [0.25, 0.3) is 6.43 Å². The molecule has 4 aromatic rings. The van der Waals surface area contributed by atoms with Crippen molar-refractivity contribution in [3.63, 3.8) is 0 Å². The van der Waals surface area contributed by atoms with E-state index in [-0.39, 0.29) is 48.3 Å². The number of amides is 1. The number of hydrogen-bond donors (Lipinski definition) is 1. The zero-order valence-electron chi connectivity index (χ0n) is 26.9. The molecule has 0 saturated carbocycles. The fourth-order valence-corrected chi connectivity index (χ4v) is 6.91. The molecule has 50 heavy (non-hydrogen) atoms. The van der Waals surface area contributed by atoms with Crippen LogP contribution in [-0.4, -0.2) is 113 Å². The van der Waals surface area contributed by atoms with Crippen molar-refractivity contribution in [3.8, 4) is 17.7 Å². The van der Waals surface area contributed by atoms with Gasteiger partial charge in [0.1, 0.15) is 41.1 Å². The minimum absolute atomic E-state index is 0.00609. The van der Waals surface area contributed by atoms with Crippen LogP contribution in [0.4, 0.5) is 25.1 Å². The number of para-hydroxylation sites is 1. The molecule has 4 saturated heterocycles. The third kappa shape index (κ3) is 5.56. The average molecular weight is 691 g/mol. The lowest BCUT2D eigenvalue weighted by Gasteiger charge is -2.53. The van der Waals surface area contributed by atoms with E-state index in [1.165, 1.54) is 9.80 Å². The van der Waals surface area contributed by atoms with Crippen LogP contribution in [-0.2, 0) is 19.0 Å². The third-order valence-corrected chi connectivity index (χ3v) is 9.65. The van der Waals surface area contributed by atoms with Gasteiger partial charge < -0.3 is 38.3 Å². The summed E-state index contributed by atoms with van der Waals surface area (Å²) in [6.07, 6.45) is -2.56. The SMILES string of the molecule is C[C@@H]1N(c2cc(C#CCN3CCOC3=O)cnc2O[C@H]2C[C@@H](C(=O)O)N(c3nc(C(F)F)nc4c3oc3ccccc34)C2)CCOC12COC2. The summed E-state index contributed by atoms with van der Waals surface area (Å²) in [6.45, 7) is 4.86. The van der Waals surface area contributed by atoms with Gasteiger partial charge in [-0.3, -0.25) is 4.90 Å². The predicted octanol–water partition coefficient (Wildman–Crippen LogP) is 3.62. The Balaban J connectivity index is 1.13. The number of aromatic nitrogens is 3. The molecule has 4 aliphatic rings. The Morgan fingerprint density at radius 1 is 1.18 bits per heavy atom. The van der Waals surface area contributed by atoms with Crippen LogP contribution < -0.4 is 14.5 Å². The zero-order chi connectivity index (χ0) is 34.6. The molecule has 260 valence electrons. The summed E-state index contributed by atoms with van der Waals surface area (Å²) in [5.41, 5.74) is 1.41. The van der Waals surface area contributed by atoms with Gasteiger partial charge in [-0.05, 0) is 25.1 Å². The van der Waals surface area contributed by atoms with Gasteiger partial charge in [0.15, 0.2) is 17.2 Å². The Morgan fingerprint density at radius 2 is 2.02 bits per heavy atom. The minimum Gasteiger partial charge on any atom is -0.480 e. The first-order valence-electron chi connectivity index (χ1n) is 16.2. The molecule has 3 aromatic heterocycles. The molecule has 0 unspecified atom stereocenters. The first-order chi connectivity index (χ1) is 24.2. The summed E-state index contributed by atoms with van der Waals surface area (Å²) in [7, 11) is 0. The lowest BCUT2D eigenvalue weighted by molar-refractivity contribution is -0.228. The monoisotopic (exact) mass is 690 g/mol. The standard InChI is InChI=1S/C34H32F2N6O8/c1-19-34(17-46-18-34)48-12-10-41(19)23-13-20(5-4-8-40-9-11-47-33(40)45)15-37-31(23)49-21-14-24(32(43)44)42(16-21)30-27-26(38-29(39-30)28(35)36)22-6-2-3-7-25(22)50-27/h2-3,6-7,13,15,19,21,24,28H,8-12,14,16-18H2,1H3,(H,43,44)/t19-,21-,24-/m0/s1. The second-order valence-electron chi connectivity index (χ2n) is 12.6. The highest BCUT2D eigenvalue weighted by molar-refractivity contribution is 6.06. The van der Waals surface area contributed by atoms with Gasteiger partial charge in [-0.25, -0.2) is 33.3 Å². The molecule has 1 aromatic carbocycles. The van der Waals surface area contributed by atoms with Crippen molar-refractivity contribution < 1.29 is 46.8 Å². The van der Waals surface area contributed by atoms with Crippen LogP contribution in [0.15, 0.2) is 40.9 Å². The van der Waals surface area contributed by atoms with Gasteiger partial charge in [0.05, 0.1) is 45.5 Å². The van der Waals surface area contributed by atoms with E-state index in [0.29, 0.717) is 61.7 Å². The Bertz CT molecular complexity index is 2040. The normalized spacial score (nSPS) is 23.0. The van der Waals surface area contributed by atoms with Gasteiger partial charge in [0.2, 0.25) is 5.88 Å². The number of cyclic esters (lactones) is 1. The van der Waals surface area contributed by atoms with E-state index < -0.39 is 42.1 Å². The summed E-state index contributed by atoms with van der Waals surface area (Å²) in [4.78, 5) is 42.3. The van der Waals surface area contributed by atoms with E-state index >= 15 is 0 Å². The molecule has 4 fully saturated rings. The van der Waals surface area contributed by atoms with Gasteiger partial charge in [-0.2, -0.15) is 0 Å². The smallest absolute Gasteiger partial charge is 0.410 e. The second-order valence-corrected chi connectivity index (χ2v) is 12.6. The average Bonchev–Trinajstić information content (AvgIpc) is 3.81. The molecule has 1 spiro atoms. The number of benzene rings is 1. The number of hydrogen-bond acceptors (Lipinski definition) is 12. The van der Waals surface area contributed by atoms with Crippen LogP contribution in [0, 0.1) is 11.8 Å². The van der Waals surface area contributed by atoms with Crippen molar-refractivity contribution in [1.29, 1.82) is 0 Å². The van der Waals surface area contributed by atoms with Crippen molar-refractivity contribution in [1.82, 2.24) is 19.9 Å². The number of fused-ring (bicyclic) bond motifs is 3. The quantitative estimate of drug-likeness (QED) is 0.281. The Hall–Kier alpha value is -5.27. The fourth-order valence-electron chi connectivity index (χ4n) is 6.91.